The lowest BCUT2D eigenvalue weighted by Crippen LogP contribution is -2.57. The standard InChI is InChI=1S/C51H64N4O13/c1-25-16-15-17-26(2)49(63)53-40-35(22-52-54-23-27(3)55(28(4)24-54)50(64)34-18-13-12-14-19-34)44(60)37-38(45(40)61)43(59)32(8)47-39(37)48(62)51(10,68-47)66-21-20-36(65-11)29(5)46(67-33(9)56)31(7)42(58)30(6)41(25)57/h12-22,25,27-31,36,41-42,46,57-61H,23-24H2,1-11H3,(H,53,63)/b16-15+,21-20+,26-17-,52-22-/t25-,27?,28?,29-,30-,31-,36+,41+,42+,46-,51+/m1/s1. The molecule has 6 N–H and O–H groups in total. The van der Waals surface area contributed by atoms with Gasteiger partial charge in [0.25, 0.3) is 17.6 Å². The van der Waals surface area contributed by atoms with Crippen molar-refractivity contribution in [3.63, 3.8) is 0 Å². The van der Waals surface area contributed by atoms with Gasteiger partial charge in [0, 0.05) is 78.8 Å². The van der Waals surface area contributed by atoms with E-state index >= 15 is 0 Å². The van der Waals surface area contributed by atoms with E-state index in [1.807, 2.05) is 19.9 Å². The number of rotatable bonds is 5. The molecule has 3 aromatic rings. The van der Waals surface area contributed by atoms with Gasteiger partial charge < -0.3 is 54.7 Å². The molecule has 366 valence electrons. The fourth-order valence-corrected chi connectivity index (χ4v) is 9.53. The molecule has 2 unspecified atom stereocenters. The molecule has 4 aliphatic rings. The zero-order valence-electron chi connectivity index (χ0n) is 40.4. The third-order valence-corrected chi connectivity index (χ3v) is 13.5. The number of phenolic OH excluding ortho intramolecular Hbond substituents is 3. The van der Waals surface area contributed by atoms with Gasteiger partial charge in [0.15, 0.2) is 5.75 Å². The number of aliphatic hydroxyl groups excluding tert-OH is 2. The average Bonchev–Trinajstić information content (AvgIpc) is 3.56. The van der Waals surface area contributed by atoms with E-state index < -0.39 is 88.8 Å². The number of allylic oxidation sites excluding steroid dienone is 2. The number of aliphatic hydroxyl groups is 2. The number of esters is 1. The molecule has 2 amide bonds. The van der Waals surface area contributed by atoms with Crippen molar-refractivity contribution in [3.05, 3.63) is 88.7 Å². The molecule has 0 aromatic heterocycles. The predicted molar refractivity (Wildman–Crippen MR) is 255 cm³/mol. The monoisotopic (exact) mass is 940 g/mol. The maximum atomic E-state index is 14.6. The molecule has 1 saturated heterocycles. The van der Waals surface area contributed by atoms with Crippen LogP contribution in [0.4, 0.5) is 5.69 Å². The van der Waals surface area contributed by atoms with Gasteiger partial charge in [0.1, 0.15) is 23.4 Å². The van der Waals surface area contributed by atoms with Crippen LogP contribution in [0.5, 0.6) is 23.0 Å². The number of hydrazone groups is 1. The van der Waals surface area contributed by atoms with Crippen molar-refractivity contribution in [1.82, 2.24) is 9.91 Å². The molecule has 0 aliphatic carbocycles. The number of carbonyl (C=O) groups excluding carboxylic acids is 4. The first kappa shape index (κ1) is 51.0. The quantitative estimate of drug-likeness (QED) is 0.0711. The van der Waals surface area contributed by atoms with E-state index in [4.69, 9.17) is 18.9 Å². The number of anilines is 1. The summed E-state index contributed by atoms with van der Waals surface area (Å²) in [6, 6.07) is 8.30. The molecule has 7 rings (SSSR count). The van der Waals surface area contributed by atoms with Crippen molar-refractivity contribution in [2.75, 3.05) is 25.5 Å². The second-order valence-electron chi connectivity index (χ2n) is 18.5. The Bertz CT molecular complexity index is 2550. The number of fused-ring (bicyclic) bond motifs is 14. The summed E-state index contributed by atoms with van der Waals surface area (Å²) in [6.45, 7) is 16.8. The fraction of sp³-hybridized carbons (Fsp3) is 0.471. The van der Waals surface area contributed by atoms with Crippen LogP contribution in [0.1, 0.15) is 94.2 Å². The van der Waals surface area contributed by atoms with Crippen LogP contribution in [0.25, 0.3) is 10.8 Å². The maximum Gasteiger partial charge on any atom is 0.312 e. The van der Waals surface area contributed by atoms with E-state index in [1.165, 1.54) is 59.4 Å². The highest BCUT2D eigenvalue weighted by Gasteiger charge is 2.50. The van der Waals surface area contributed by atoms with Crippen LogP contribution in [0.3, 0.4) is 0 Å². The number of hydrogen-bond donors (Lipinski definition) is 6. The molecule has 17 heteroatoms. The molecule has 68 heavy (non-hydrogen) atoms. The number of benzene rings is 3. The van der Waals surface area contributed by atoms with Crippen LogP contribution in [0.15, 0.2) is 71.6 Å². The van der Waals surface area contributed by atoms with Gasteiger partial charge in [-0.1, -0.05) is 64.1 Å². The highest BCUT2D eigenvalue weighted by Crippen LogP contribution is 2.55. The first-order chi connectivity index (χ1) is 32.0. The minimum absolute atomic E-state index is 0.0221. The lowest BCUT2D eigenvalue weighted by molar-refractivity contribution is -0.160. The molecule has 17 nitrogen and oxygen atoms in total. The average molecular weight is 941 g/mol. The Morgan fingerprint density at radius 3 is 2.15 bits per heavy atom. The first-order valence-electron chi connectivity index (χ1n) is 22.8. The number of phenols is 3. The number of nitrogens with zero attached hydrogens (tertiary/aromatic N) is 3. The number of ketones is 1. The molecule has 5 bridgehead atoms. The Morgan fingerprint density at radius 1 is 0.882 bits per heavy atom. The summed E-state index contributed by atoms with van der Waals surface area (Å²) >= 11 is 0. The molecule has 0 spiro atoms. The highest BCUT2D eigenvalue weighted by molar-refractivity contribution is 6.24. The van der Waals surface area contributed by atoms with Gasteiger partial charge in [-0.05, 0) is 45.9 Å². The van der Waals surface area contributed by atoms with Gasteiger partial charge in [-0.3, -0.25) is 24.2 Å². The van der Waals surface area contributed by atoms with Gasteiger partial charge in [0.2, 0.25) is 0 Å². The Kier molecular flexibility index (Phi) is 15.3. The Labute approximate surface area is 396 Å². The number of Topliss-reactive ketones (excluding diaryl/α,β-unsaturated/α-hetero) is 1. The number of aromatic hydroxyl groups is 3. The Balaban J connectivity index is 1.48. The molecule has 3 aromatic carbocycles. The van der Waals surface area contributed by atoms with E-state index in [1.54, 1.807) is 74.0 Å². The van der Waals surface area contributed by atoms with Crippen molar-refractivity contribution in [2.45, 2.75) is 112 Å². The smallest absolute Gasteiger partial charge is 0.312 e. The SMILES string of the molecule is CO[C@H]1/C=C/O[C@@]2(C)Oc3c(C)c(O)c4c(O)c(c(/C=N\N5CC(C)N(C(=O)c6ccccc6)C(C)C5)c(O)c4c3C2=O)NC(=O)/C(C)=C\C=C\[C@@H](C)[C@H](O)[C@@H](C)[C@H](O)[C@@H](C)[C@H](OC(C)=O)[C@@H]1C. The van der Waals surface area contributed by atoms with Crippen molar-refractivity contribution in [1.29, 1.82) is 0 Å². The third kappa shape index (κ3) is 9.78. The summed E-state index contributed by atoms with van der Waals surface area (Å²) < 4.78 is 23.7. The van der Waals surface area contributed by atoms with Crippen molar-refractivity contribution in [2.24, 2.45) is 28.8 Å². The highest BCUT2D eigenvalue weighted by atomic mass is 16.7. The molecular formula is C51H64N4O13. The normalized spacial score (nSPS) is 31.2. The van der Waals surface area contributed by atoms with E-state index in [-0.39, 0.29) is 75.6 Å². The van der Waals surface area contributed by atoms with Crippen LogP contribution in [-0.4, -0.2) is 128 Å². The number of nitrogens with one attached hydrogen (secondary N) is 1. The number of hydrogen-bond acceptors (Lipinski definition) is 15. The summed E-state index contributed by atoms with van der Waals surface area (Å²) in [5, 5.41) is 67.6. The van der Waals surface area contributed by atoms with Gasteiger partial charge >= 0.3 is 11.8 Å². The number of piperazine rings is 1. The molecule has 1 fully saturated rings. The second kappa shape index (κ2) is 20.4. The number of carbonyl (C=O) groups is 4. The van der Waals surface area contributed by atoms with Crippen LogP contribution in [0, 0.1) is 30.6 Å². The van der Waals surface area contributed by atoms with Crippen molar-refractivity contribution < 1.29 is 63.7 Å². The van der Waals surface area contributed by atoms with Crippen molar-refractivity contribution >= 4 is 46.2 Å². The number of amides is 2. The lowest BCUT2D eigenvalue weighted by Gasteiger charge is -2.43. The Morgan fingerprint density at radius 2 is 1.53 bits per heavy atom. The van der Waals surface area contributed by atoms with Crippen LogP contribution in [0.2, 0.25) is 0 Å². The summed E-state index contributed by atoms with van der Waals surface area (Å²) in [5.41, 5.74) is -0.0701. The van der Waals surface area contributed by atoms with Gasteiger partial charge in [-0.2, -0.15) is 5.10 Å². The fourth-order valence-electron chi connectivity index (χ4n) is 9.53. The minimum Gasteiger partial charge on any atom is -0.507 e. The predicted octanol–water partition coefficient (Wildman–Crippen LogP) is 6.32. The minimum atomic E-state index is -2.09. The lowest BCUT2D eigenvalue weighted by atomic mass is 9.78. The van der Waals surface area contributed by atoms with Gasteiger partial charge in [0.05, 0.1) is 66.1 Å². The molecular weight excluding hydrogens is 877 g/mol. The third-order valence-electron chi connectivity index (χ3n) is 13.5. The second-order valence-corrected chi connectivity index (χ2v) is 18.5. The van der Waals surface area contributed by atoms with E-state index in [2.05, 4.69) is 10.4 Å². The van der Waals surface area contributed by atoms with Crippen LogP contribution < -0.4 is 10.1 Å². The summed E-state index contributed by atoms with van der Waals surface area (Å²) in [6.07, 6.45) is 4.62. The number of ether oxygens (including phenoxy) is 4. The van der Waals surface area contributed by atoms with Crippen LogP contribution >= 0.6 is 0 Å². The van der Waals surface area contributed by atoms with Crippen molar-refractivity contribution in [3.8, 4) is 23.0 Å². The molecule has 11 atom stereocenters. The zero-order valence-corrected chi connectivity index (χ0v) is 40.4. The molecule has 4 heterocycles. The zero-order chi connectivity index (χ0) is 50.1. The largest absolute Gasteiger partial charge is 0.507 e. The van der Waals surface area contributed by atoms with Gasteiger partial charge in [-0.25, -0.2) is 0 Å². The Hall–Kier alpha value is -6.43. The molecule has 4 aliphatic heterocycles. The van der Waals surface area contributed by atoms with E-state index in [0.29, 0.717) is 5.56 Å². The molecule has 0 radical (unpaired) electrons. The maximum absolute atomic E-state index is 14.6. The number of methoxy groups -OCH3 is 1. The van der Waals surface area contributed by atoms with Gasteiger partial charge in [-0.15, -0.1) is 0 Å². The van der Waals surface area contributed by atoms with E-state index in [0.717, 1.165) is 0 Å². The van der Waals surface area contributed by atoms with Crippen LogP contribution in [-0.2, 0) is 23.8 Å². The summed E-state index contributed by atoms with van der Waals surface area (Å²) in [7, 11) is 1.43. The topological polar surface area (TPSA) is 237 Å². The van der Waals surface area contributed by atoms with E-state index in [9.17, 15) is 44.7 Å². The summed E-state index contributed by atoms with van der Waals surface area (Å²) in [4.78, 5) is 56.3. The molecule has 0 saturated carbocycles. The summed E-state index contributed by atoms with van der Waals surface area (Å²) in [5.74, 6) is -8.94. The first-order valence-corrected chi connectivity index (χ1v) is 22.8.